The van der Waals surface area contributed by atoms with Gasteiger partial charge in [0.15, 0.2) is 0 Å². The van der Waals surface area contributed by atoms with Gasteiger partial charge in [-0.3, -0.25) is 14.8 Å². The largest absolute Gasteiger partial charge is 0.340 e. The Bertz CT molecular complexity index is 742. The van der Waals surface area contributed by atoms with Crippen LogP contribution in [-0.4, -0.2) is 50.5 Å². The van der Waals surface area contributed by atoms with Crippen LogP contribution in [0, 0.1) is 5.92 Å². The maximum Gasteiger partial charge on any atom is 0.233 e. The summed E-state index contributed by atoms with van der Waals surface area (Å²) in [5, 5.41) is 10.2. The molecule has 1 aromatic heterocycles. The highest BCUT2D eigenvalue weighted by molar-refractivity contribution is 5.80. The first-order chi connectivity index (χ1) is 13.1. The van der Waals surface area contributed by atoms with E-state index in [0.29, 0.717) is 24.4 Å². The smallest absolute Gasteiger partial charge is 0.233 e. The van der Waals surface area contributed by atoms with Gasteiger partial charge in [0, 0.05) is 6.54 Å². The summed E-state index contributed by atoms with van der Waals surface area (Å²) in [6, 6.07) is 7.77. The zero-order chi connectivity index (χ0) is 19.2. The number of fused-ring (bicyclic) bond motifs is 1. The molecule has 0 spiro atoms. The van der Waals surface area contributed by atoms with Gasteiger partial charge in [0.2, 0.25) is 12.3 Å². The number of hydroxylamine groups is 2. The maximum absolute atomic E-state index is 13.3. The van der Waals surface area contributed by atoms with Gasteiger partial charge in [0.05, 0.1) is 29.5 Å². The van der Waals surface area contributed by atoms with Crippen LogP contribution in [0.3, 0.4) is 0 Å². The molecule has 2 N–H and O–H groups in total. The quantitative estimate of drug-likeness (QED) is 0.423. The third-order valence-electron chi connectivity index (χ3n) is 5.29. The highest BCUT2D eigenvalue weighted by Gasteiger charge is 2.34. The molecule has 2 amide bonds. The second-order valence-corrected chi connectivity index (χ2v) is 7.25. The lowest BCUT2D eigenvalue weighted by molar-refractivity contribution is -0.158. The Balaban J connectivity index is 1.83. The highest BCUT2D eigenvalue weighted by atomic mass is 16.5. The van der Waals surface area contributed by atoms with Crippen molar-refractivity contribution in [3.05, 3.63) is 30.1 Å². The molecule has 2 heterocycles. The first-order valence-electron chi connectivity index (χ1n) is 9.80. The Morgan fingerprint density at radius 3 is 3.00 bits per heavy atom. The van der Waals surface area contributed by atoms with E-state index in [9.17, 15) is 14.8 Å². The Labute approximate surface area is 159 Å². The number of aromatic nitrogens is 2. The van der Waals surface area contributed by atoms with Gasteiger partial charge in [-0.15, -0.1) is 0 Å². The van der Waals surface area contributed by atoms with Crippen molar-refractivity contribution >= 4 is 23.4 Å². The van der Waals surface area contributed by atoms with Crippen LogP contribution >= 0.6 is 0 Å². The number of carbonyl (C=O) groups is 2. The number of amides is 2. The van der Waals surface area contributed by atoms with E-state index in [-0.39, 0.29) is 18.5 Å². The second-order valence-electron chi connectivity index (χ2n) is 7.25. The number of para-hydroxylation sites is 2. The Morgan fingerprint density at radius 1 is 1.44 bits per heavy atom. The summed E-state index contributed by atoms with van der Waals surface area (Å²) in [4.78, 5) is 34.1. The van der Waals surface area contributed by atoms with Crippen molar-refractivity contribution in [2.45, 2.75) is 51.5 Å². The third-order valence-corrected chi connectivity index (χ3v) is 5.29. The molecule has 2 aromatic rings. The van der Waals surface area contributed by atoms with Crippen molar-refractivity contribution < 1.29 is 14.8 Å². The fraction of sp³-hybridized carbons (Fsp3) is 0.550. The average molecular weight is 372 g/mol. The number of rotatable bonds is 8. The van der Waals surface area contributed by atoms with E-state index in [1.54, 1.807) is 0 Å². The molecule has 0 radical (unpaired) electrons. The molecular weight excluding hydrogens is 344 g/mol. The van der Waals surface area contributed by atoms with E-state index in [1.165, 1.54) is 0 Å². The average Bonchev–Trinajstić information content (AvgIpc) is 3.14. The predicted octanol–water partition coefficient (Wildman–Crippen LogP) is 3.27. The van der Waals surface area contributed by atoms with Gasteiger partial charge in [0.25, 0.3) is 0 Å². The summed E-state index contributed by atoms with van der Waals surface area (Å²) in [6.07, 6.45) is 5.73. The first kappa shape index (κ1) is 19.4. The molecule has 7 nitrogen and oxygen atoms in total. The van der Waals surface area contributed by atoms with Crippen LogP contribution in [0.15, 0.2) is 24.3 Å². The minimum Gasteiger partial charge on any atom is -0.340 e. The van der Waals surface area contributed by atoms with E-state index < -0.39 is 5.92 Å². The summed E-state index contributed by atoms with van der Waals surface area (Å²) >= 11 is 0. The summed E-state index contributed by atoms with van der Waals surface area (Å²) in [7, 11) is 0. The number of piperidine rings is 1. The van der Waals surface area contributed by atoms with Gasteiger partial charge in [-0.25, -0.2) is 10.0 Å². The van der Waals surface area contributed by atoms with E-state index in [0.717, 1.165) is 49.0 Å². The minimum atomic E-state index is -0.398. The predicted molar refractivity (Wildman–Crippen MR) is 102 cm³/mol. The van der Waals surface area contributed by atoms with E-state index >= 15 is 0 Å². The molecule has 27 heavy (non-hydrogen) atoms. The van der Waals surface area contributed by atoms with E-state index in [2.05, 4.69) is 11.9 Å². The topological polar surface area (TPSA) is 89.5 Å². The Morgan fingerprint density at radius 2 is 2.26 bits per heavy atom. The van der Waals surface area contributed by atoms with Crippen LogP contribution in [0.1, 0.15) is 57.3 Å². The number of hydrogen-bond donors (Lipinski definition) is 2. The number of unbranched alkanes of at least 4 members (excludes halogenated alkanes) is 1. The van der Waals surface area contributed by atoms with Crippen molar-refractivity contribution in [2.75, 3.05) is 13.1 Å². The number of hydrogen-bond acceptors (Lipinski definition) is 4. The fourth-order valence-electron chi connectivity index (χ4n) is 3.86. The molecule has 1 aliphatic rings. The van der Waals surface area contributed by atoms with Crippen molar-refractivity contribution in [2.24, 2.45) is 5.92 Å². The summed E-state index contributed by atoms with van der Waals surface area (Å²) < 4.78 is 0. The van der Waals surface area contributed by atoms with Crippen molar-refractivity contribution in [3.8, 4) is 0 Å². The summed E-state index contributed by atoms with van der Waals surface area (Å²) in [6.45, 7) is 2.78. The molecule has 1 saturated heterocycles. The summed E-state index contributed by atoms with van der Waals surface area (Å²) in [5.41, 5.74) is 1.87. The van der Waals surface area contributed by atoms with Gasteiger partial charge in [0.1, 0.15) is 5.82 Å². The lowest BCUT2D eigenvalue weighted by Gasteiger charge is -2.37. The van der Waals surface area contributed by atoms with Crippen LogP contribution in [0.4, 0.5) is 0 Å². The zero-order valence-electron chi connectivity index (χ0n) is 15.8. The Hall–Kier alpha value is -2.41. The van der Waals surface area contributed by atoms with Crippen LogP contribution in [0.5, 0.6) is 0 Å². The first-order valence-corrected chi connectivity index (χ1v) is 9.80. The minimum absolute atomic E-state index is 0.00509. The normalized spacial score (nSPS) is 18.4. The van der Waals surface area contributed by atoms with Crippen LogP contribution in [0.25, 0.3) is 11.0 Å². The third kappa shape index (κ3) is 4.47. The number of imidazole rings is 1. The van der Waals surface area contributed by atoms with Gasteiger partial charge in [-0.05, 0) is 37.8 Å². The van der Waals surface area contributed by atoms with Crippen LogP contribution < -0.4 is 0 Å². The standard InChI is InChI=1S/C20H28N4O3/c1-2-3-8-15(13-23(27)14-25)20(26)24-12-7-6-11-18(24)19-21-16-9-4-5-10-17(16)22-19/h4-5,9-10,14-15,18,27H,2-3,6-8,11-13H2,1H3,(H,21,22)/t15-,18-/m0/s1. The summed E-state index contributed by atoms with van der Waals surface area (Å²) in [5.74, 6) is 0.411. The molecular formula is C20H28N4O3. The molecule has 1 aromatic carbocycles. The van der Waals surface area contributed by atoms with Crippen LogP contribution in [0.2, 0.25) is 0 Å². The molecule has 7 heteroatoms. The maximum atomic E-state index is 13.3. The fourth-order valence-corrected chi connectivity index (χ4v) is 3.86. The zero-order valence-corrected chi connectivity index (χ0v) is 15.8. The van der Waals surface area contributed by atoms with Crippen molar-refractivity contribution in [3.63, 3.8) is 0 Å². The van der Waals surface area contributed by atoms with Crippen LogP contribution in [-0.2, 0) is 9.59 Å². The molecule has 2 atom stereocenters. The van der Waals surface area contributed by atoms with Gasteiger partial charge in [-0.2, -0.15) is 0 Å². The molecule has 1 fully saturated rings. The van der Waals surface area contributed by atoms with Gasteiger partial charge < -0.3 is 9.88 Å². The monoisotopic (exact) mass is 372 g/mol. The number of nitrogens with one attached hydrogen (secondary N) is 1. The van der Waals surface area contributed by atoms with E-state index in [1.807, 2.05) is 29.2 Å². The molecule has 0 unspecified atom stereocenters. The molecule has 3 rings (SSSR count). The second kappa shape index (κ2) is 8.99. The van der Waals surface area contributed by atoms with Crippen molar-refractivity contribution in [1.29, 1.82) is 0 Å². The lowest BCUT2D eigenvalue weighted by atomic mass is 9.95. The molecule has 1 aliphatic heterocycles. The number of aromatic amines is 1. The number of H-pyrrole nitrogens is 1. The van der Waals surface area contributed by atoms with E-state index in [4.69, 9.17) is 4.98 Å². The Kier molecular flexibility index (Phi) is 6.45. The highest BCUT2D eigenvalue weighted by Crippen LogP contribution is 2.32. The molecule has 0 saturated carbocycles. The molecule has 0 aliphatic carbocycles. The van der Waals surface area contributed by atoms with Gasteiger partial charge >= 0.3 is 0 Å². The molecule has 0 bridgehead atoms. The number of likely N-dealkylation sites (tertiary alicyclic amines) is 1. The van der Waals surface area contributed by atoms with Gasteiger partial charge in [-0.1, -0.05) is 31.9 Å². The number of benzene rings is 1. The lowest BCUT2D eigenvalue weighted by Crippen LogP contribution is -2.45. The molecule has 146 valence electrons. The number of nitrogens with zero attached hydrogens (tertiary/aromatic N) is 3. The number of carbonyl (C=O) groups excluding carboxylic acids is 2. The SMILES string of the molecule is CCCC[C@@H](CN(O)C=O)C(=O)N1CCCC[C@H]1c1nc2ccccc2[nH]1. The van der Waals surface area contributed by atoms with Crippen molar-refractivity contribution in [1.82, 2.24) is 19.9 Å².